The van der Waals surface area contributed by atoms with Crippen molar-refractivity contribution in [1.82, 2.24) is 9.55 Å². The molecule has 0 saturated carbocycles. The highest BCUT2D eigenvalue weighted by Gasteiger charge is 2.30. The van der Waals surface area contributed by atoms with E-state index in [2.05, 4.69) is 15.6 Å². The molecule has 0 aliphatic heterocycles. The molecule has 12 heteroatoms. The van der Waals surface area contributed by atoms with Gasteiger partial charge >= 0.3 is 6.18 Å². The summed E-state index contributed by atoms with van der Waals surface area (Å²) < 4.78 is 53.5. The highest BCUT2D eigenvalue weighted by molar-refractivity contribution is 7.20. The fourth-order valence-electron chi connectivity index (χ4n) is 3.48. The van der Waals surface area contributed by atoms with E-state index in [0.717, 1.165) is 40.4 Å². The minimum Gasteiger partial charge on any atom is -0.325 e. The summed E-state index contributed by atoms with van der Waals surface area (Å²) >= 11 is 0.970. The Morgan fingerprint density at radius 1 is 1.06 bits per heavy atom. The number of aromatic nitrogens is 2. The first kappa shape index (κ1) is 25.0. The summed E-state index contributed by atoms with van der Waals surface area (Å²) in [6.45, 7) is 2.64. The van der Waals surface area contributed by atoms with E-state index in [1.807, 2.05) is 0 Å². The molecule has 36 heavy (non-hydrogen) atoms. The van der Waals surface area contributed by atoms with Crippen LogP contribution in [0.15, 0.2) is 53.6 Å². The van der Waals surface area contributed by atoms with Gasteiger partial charge in [-0.25, -0.2) is 9.37 Å². The predicted octanol–water partition coefficient (Wildman–Crippen LogP) is 5.12. The number of amides is 2. The van der Waals surface area contributed by atoms with Crippen molar-refractivity contribution >= 4 is 44.7 Å². The number of benzene rings is 2. The van der Waals surface area contributed by atoms with Crippen molar-refractivity contribution in [1.29, 1.82) is 0 Å². The summed E-state index contributed by atoms with van der Waals surface area (Å²) in [5.41, 5.74) is -0.577. The Kier molecular flexibility index (Phi) is 6.63. The van der Waals surface area contributed by atoms with E-state index in [4.69, 9.17) is 0 Å². The van der Waals surface area contributed by atoms with Crippen LogP contribution in [0.5, 0.6) is 0 Å². The lowest BCUT2D eigenvalue weighted by Crippen LogP contribution is -2.28. The van der Waals surface area contributed by atoms with E-state index in [1.165, 1.54) is 18.2 Å². The highest BCUT2D eigenvalue weighted by Crippen LogP contribution is 2.31. The van der Waals surface area contributed by atoms with E-state index in [0.29, 0.717) is 11.1 Å². The van der Waals surface area contributed by atoms with Crippen molar-refractivity contribution in [2.45, 2.75) is 26.6 Å². The quantitative estimate of drug-likeness (QED) is 0.359. The first-order valence-corrected chi connectivity index (χ1v) is 11.3. The molecule has 2 heterocycles. The summed E-state index contributed by atoms with van der Waals surface area (Å²) in [5, 5.41) is 5.05. The van der Waals surface area contributed by atoms with Gasteiger partial charge in [-0.2, -0.15) is 13.2 Å². The Hall–Kier alpha value is -4.06. The second-order valence-corrected chi connectivity index (χ2v) is 8.96. The Morgan fingerprint density at radius 3 is 2.47 bits per heavy atom. The van der Waals surface area contributed by atoms with Gasteiger partial charge in [0.05, 0.1) is 22.2 Å². The van der Waals surface area contributed by atoms with Gasteiger partial charge in [-0.3, -0.25) is 19.0 Å². The minimum absolute atomic E-state index is 0.0740. The molecule has 0 unspecified atom stereocenters. The van der Waals surface area contributed by atoms with Crippen LogP contribution >= 0.6 is 11.3 Å². The second-order valence-electron chi connectivity index (χ2n) is 7.96. The maximum Gasteiger partial charge on any atom is 0.416 e. The Balaban J connectivity index is 1.55. The number of carbonyl (C=O) groups excluding carboxylic acids is 2. The van der Waals surface area contributed by atoms with Gasteiger partial charge in [-0.1, -0.05) is 12.1 Å². The molecule has 0 spiro atoms. The number of rotatable bonds is 5. The highest BCUT2D eigenvalue weighted by atomic mass is 32.1. The standard InChI is InChI=1S/C24H18F4N4O3S/c1-12-6-7-16(9-17(12)25)31-21(34)20-13(2)19-22(36-20)29-11-32(23(19)35)10-18(33)30-15-5-3-4-14(8-15)24(26,27)28/h3-9,11H,10H2,1-2H3,(H,30,33)(H,31,34). The van der Waals surface area contributed by atoms with Gasteiger partial charge in [-0.05, 0) is 55.3 Å². The average Bonchev–Trinajstić information content (AvgIpc) is 3.15. The van der Waals surface area contributed by atoms with Gasteiger partial charge in [0.1, 0.15) is 17.2 Å². The van der Waals surface area contributed by atoms with E-state index in [-0.39, 0.29) is 26.5 Å². The zero-order valence-corrected chi connectivity index (χ0v) is 19.7. The minimum atomic E-state index is -4.57. The molecule has 0 aliphatic carbocycles. The maximum absolute atomic E-state index is 13.8. The summed E-state index contributed by atoms with van der Waals surface area (Å²) in [7, 11) is 0. The molecule has 2 N–H and O–H groups in total. The third-order valence-electron chi connectivity index (χ3n) is 5.34. The van der Waals surface area contributed by atoms with Crippen LogP contribution in [0.1, 0.15) is 26.4 Å². The van der Waals surface area contributed by atoms with E-state index >= 15 is 0 Å². The molecule has 0 fully saturated rings. The summed E-state index contributed by atoms with van der Waals surface area (Å²) in [5.74, 6) is -1.76. The molecule has 2 aromatic carbocycles. The van der Waals surface area contributed by atoms with Gasteiger partial charge in [0.25, 0.3) is 11.5 Å². The van der Waals surface area contributed by atoms with Gasteiger partial charge < -0.3 is 10.6 Å². The number of thiophene rings is 1. The van der Waals surface area contributed by atoms with Crippen LogP contribution in [-0.2, 0) is 17.5 Å². The number of hydrogen-bond donors (Lipinski definition) is 2. The topological polar surface area (TPSA) is 93.1 Å². The molecular weight excluding hydrogens is 500 g/mol. The van der Waals surface area contributed by atoms with Crippen LogP contribution < -0.4 is 16.2 Å². The SMILES string of the molecule is Cc1ccc(NC(=O)c2sc3ncn(CC(=O)Nc4cccc(C(F)(F)F)c4)c(=O)c3c2C)cc1F. The molecule has 4 rings (SSSR count). The third kappa shape index (κ3) is 5.13. The van der Waals surface area contributed by atoms with E-state index < -0.39 is 41.5 Å². The fourth-order valence-corrected chi connectivity index (χ4v) is 4.51. The van der Waals surface area contributed by atoms with Crippen LogP contribution in [0.3, 0.4) is 0 Å². The monoisotopic (exact) mass is 518 g/mol. The third-order valence-corrected chi connectivity index (χ3v) is 6.54. The van der Waals surface area contributed by atoms with Crippen molar-refractivity contribution in [3.05, 3.63) is 86.5 Å². The number of fused-ring (bicyclic) bond motifs is 1. The molecule has 0 bridgehead atoms. The summed E-state index contributed by atoms with van der Waals surface area (Å²) in [4.78, 5) is 42.8. The Morgan fingerprint density at radius 2 is 1.78 bits per heavy atom. The predicted molar refractivity (Wildman–Crippen MR) is 128 cm³/mol. The fraction of sp³-hybridized carbons (Fsp3) is 0.167. The normalized spacial score (nSPS) is 11.5. The van der Waals surface area contributed by atoms with Crippen LogP contribution in [0.4, 0.5) is 28.9 Å². The van der Waals surface area contributed by atoms with Gasteiger partial charge in [0.15, 0.2) is 0 Å². The molecule has 186 valence electrons. The Labute approximate surface area is 205 Å². The molecule has 0 saturated heterocycles. The zero-order valence-electron chi connectivity index (χ0n) is 18.9. The molecule has 2 amide bonds. The first-order valence-electron chi connectivity index (χ1n) is 10.5. The molecular formula is C24H18F4N4O3S. The molecule has 0 atom stereocenters. The van der Waals surface area contributed by atoms with Crippen LogP contribution in [0.25, 0.3) is 10.2 Å². The first-order chi connectivity index (χ1) is 16.9. The summed E-state index contributed by atoms with van der Waals surface area (Å²) in [6.07, 6.45) is -3.44. The van der Waals surface area contributed by atoms with Crippen LogP contribution in [0, 0.1) is 19.7 Å². The lowest BCUT2D eigenvalue weighted by Gasteiger charge is -2.10. The van der Waals surface area contributed by atoms with Gasteiger partial charge in [0.2, 0.25) is 5.91 Å². The van der Waals surface area contributed by atoms with Gasteiger partial charge in [-0.15, -0.1) is 11.3 Å². The van der Waals surface area contributed by atoms with Crippen molar-refractivity contribution in [2.24, 2.45) is 0 Å². The molecule has 0 radical (unpaired) electrons. The average molecular weight is 518 g/mol. The number of aryl methyl sites for hydroxylation is 2. The van der Waals surface area contributed by atoms with E-state index in [1.54, 1.807) is 19.9 Å². The second kappa shape index (κ2) is 9.53. The van der Waals surface area contributed by atoms with Crippen molar-refractivity contribution in [2.75, 3.05) is 10.6 Å². The number of halogens is 4. The lowest BCUT2D eigenvalue weighted by atomic mass is 10.2. The molecule has 0 aliphatic rings. The number of alkyl halides is 3. The van der Waals surface area contributed by atoms with Crippen LogP contribution in [0.2, 0.25) is 0 Å². The number of hydrogen-bond acceptors (Lipinski definition) is 5. The van der Waals surface area contributed by atoms with Gasteiger partial charge in [0, 0.05) is 11.4 Å². The van der Waals surface area contributed by atoms with Crippen molar-refractivity contribution in [3.63, 3.8) is 0 Å². The largest absolute Gasteiger partial charge is 0.416 e. The number of carbonyl (C=O) groups is 2. The van der Waals surface area contributed by atoms with Crippen LogP contribution in [-0.4, -0.2) is 21.4 Å². The number of anilines is 2. The lowest BCUT2D eigenvalue weighted by molar-refractivity contribution is -0.137. The Bertz CT molecular complexity index is 1560. The van der Waals surface area contributed by atoms with Crippen molar-refractivity contribution in [3.8, 4) is 0 Å². The van der Waals surface area contributed by atoms with E-state index in [9.17, 15) is 31.9 Å². The number of nitrogens with one attached hydrogen (secondary N) is 2. The maximum atomic E-state index is 13.8. The molecule has 4 aromatic rings. The molecule has 7 nitrogen and oxygen atoms in total. The zero-order chi connectivity index (χ0) is 26.2. The number of nitrogens with zero attached hydrogens (tertiary/aromatic N) is 2. The smallest absolute Gasteiger partial charge is 0.325 e. The summed E-state index contributed by atoms with van der Waals surface area (Å²) in [6, 6.07) is 8.37. The van der Waals surface area contributed by atoms with Crippen molar-refractivity contribution < 1.29 is 27.2 Å². The molecule has 2 aromatic heterocycles.